The Morgan fingerprint density at radius 2 is 1.88 bits per heavy atom. The van der Waals surface area contributed by atoms with Crippen LogP contribution in [-0.4, -0.2) is 60.4 Å². The molecule has 1 fully saturated rings. The van der Waals surface area contributed by atoms with Crippen molar-refractivity contribution in [2.24, 2.45) is 0 Å². The largest absolute Gasteiger partial charge is 0.379 e. The van der Waals surface area contributed by atoms with Gasteiger partial charge in [0.15, 0.2) is 5.69 Å². The number of hydrogen-bond donors (Lipinski definition) is 2. The third-order valence-corrected chi connectivity index (χ3v) is 4.10. The minimum atomic E-state index is -0.266. The molecular formula is C18H22FN5O2. The lowest BCUT2D eigenvalue weighted by Crippen LogP contribution is -2.41. The first-order valence-electron chi connectivity index (χ1n) is 8.61. The number of benzene rings is 1. The summed E-state index contributed by atoms with van der Waals surface area (Å²) in [5.41, 5.74) is 1.21. The van der Waals surface area contributed by atoms with Crippen LogP contribution in [0.1, 0.15) is 16.1 Å². The van der Waals surface area contributed by atoms with Crippen LogP contribution in [-0.2, 0) is 11.3 Å². The quantitative estimate of drug-likeness (QED) is 0.776. The zero-order chi connectivity index (χ0) is 18.2. The fourth-order valence-electron chi connectivity index (χ4n) is 2.59. The Hall–Kier alpha value is -2.58. The molecule has 0 radical (unpaired) electrons. The second-order valence-corrected chi connectivity index (χ2v) is 5.99. The Balaban J connectivity index is 1.42. The van der Waals surface area contributed by atoms with Gasteiger partial charge in [-0.3, -0.25) is 9.69 Å². The van der Waals surface area contributed by atoms with Gasteiger partial charge in [0.05, 0.1) is 13.2 Å². The molecule has 8 heteroatoms. The molecular weight excluding hydrogens is 337 g/mol. The summed E-state index contributed by atoms with van der Waals surface area (Å²) in [4.78, 5) is 14.3. The third-order valence-electron chi connectivity index (χ3n) is 4.10. The number of aromatic nitrogens is 2. The lowest BCUT2D eigenvalue weighted by Gasteiger charge is -2.26. The van der Waals surface area contributed by atoms with Crippen LogP contribution < -0.4 is 10.6 Å². The third kappa shape index (κ3) is 5.47. The second kappa shape index (κ2) is 9.21. The van der Waals surface area contributed by atoms with E-state index in [1.54, 1.807) is 24.3 Å². The smallest absolute Gasteiger partial charge is 0.271 e. The van der Waals surface area contributed by atoms with Crippen LogP contribution in [0.25, 0.3) is 0 Å². The summed E-state index contributed by atoms with van der Waals surface area (Å²) >= 11 is 0. The zero-order valence-electron chi connectivity index (χ0n) is 14.4. The predicted octanol–water partition coefficient (Wildman–Crippen LogP) is 1.29. The van der Waals surface area contributed by atoms with E-state index in [0.717, 1.165) is 38.4 Å². The van der Waals surface area contributed by atoms with Crippen molar-refractivity contribution in [1.29, 1.82) is 0 Å². The van der Waals surface area contributed by atoms with E-state index in [2.05, 4.69) is 25.7 Å². The molecule has 0 saturated carbocycles. The highest BCUT2D eigenvalue weighted by molar-refractivity contribution is 5.92. The van der Waals surface area contributed by atoms with E-state index in [-0.39, 0.29) is 17.4 Å². The molecule has 1 aliphatic rings. The van der Waals surface area contributed by atoms with Crippen molar-refractivity contribution in [3.8, 4) is 0 Å². The van der Waals surface area contributed by atoms with Gasteiger partial charge >= 0.3 is 0 Å². The van der Waals surface area contributed by atoms with E-state index in [9.17, 15) is 9.18 Å². The number of rotatable bonds is 7. The standard InChI is InChI=1S/C18H22FN5O2/c19-15-3-1-14(2-4-15)13-21-17-6-5-16(22-23-17)18(25)20-7-8-24-9-11-26-12-10-24/h1-6H,7-13H2,(H,20,25)(H,21,23). The van der Waals surface area contributed by atoms with Crippen molar-refractivity contribution >= 4 is 11.7 Å². The van der Waals surface area contributed by atoms with E-state index < -0.39 is 0 Å². The van der Waals surface area contributed by atoms with Gasteiger partial charge in [-0.2, -0.15) is 0 Å². The van der Waals surface area contributed by atoms with Crippen LogP contribution in [0.2, 0.25) is 0 Å². The highest BCUT2D eigenvalue weighted by Crippen LogP contribution is 2.07. The van der Waals surface area contributed by atoms with Gasteiger partial charge in [-0.15, -0.1) is 10.2 Å². The first-order valence-corrected chi connectivity index (χ1v) is 8.61. The number of hydrogen-bond acceptors (Lipinski definition) is 6. The van der Waals surface area contributed by atoms with Crippen molar-refractivity contribution in [1.82, 2.24) is 20.4 Å². The molecule has 1 aromatic carbocycles. The van der Waals surface area contributed by atoms with Crippen LogP contribution in [0, 0.1) is 5.82 Å². The summed E-state index contributed by atoms with van der Waals surface area (Å²) in [5.74, 6) is 0.0487. The molecule has 1 aliphatic heterocycles. The first-order chi connectivity index (χ1) is 12.7. The predicted molar refractivity (Wildman–Crippen MR) is 95.4 cm³/mol. The SMILES string of the molecule is O=C(NCCN1CCOCC1)c1ccc(NCc2ccc(F)cc2)nn1. The molecule has 0 bridgehead atoms. The van der Waals surface area contributed by atoms with Crippen LogP contribution in [0.3, 0.4) is 0 Å². The number of anilines is 1. The number of amides is 1. The van der Waals surface area contributed by atoms with Gasteiger partial charge in [-0.1, -0.05) is 12.1 Å². The fraction of sp³-hybridized carbons (Fsp3) is 0.389. The van der Waals surface area contributed by atoms with Crippen molar-refractivity contribution in [2.45, 2.75) is 6.54 Å². The Morgan fingerprint density at radius 3 is 2.58 bits per heavy atom. The molecule has 0 atom stereocenters. The maximum Gasteiger partial charge on any atom is 0.271 e. The van der Waals surface area contributed by atoms with Gasteiger partial charge in [0.1, 0.15) is 11.6 Å². The van der Waals surface area contributed by atoms with E-state index >= 15 is 0 Å². The summed E-state index contributed by atoms with van der Waals surface area (Å²) in [7, 11) is 0. The number of carbonyl (C=O) groups excluding carboxylic acids is 1. The molecule has 0 unspecified atom stereocenters. The number of morpholine rings is 1. The highest BCUT2D eigenvalue weighted by atomic mass is 19.1. The van der Waals surface area contributed by atoms with Gasteiger partial charge in [0.25, 0.3) is 5.91 Å². The Bertz CT molecular complexity index is 703. The molecule has 2 heterocycles. The Kier molecular flexibility index (Phi) is 6.45. The normalized spacial score (nSPS) is 14.8. The fourth-order valence-corrected chi connectivity index (χ4v) is 2.59. The summed E-state index contributed by atoms with van der Waals surface area (Å²) in [5, 5.41) is 13.9. The molecule has 1 amide bonds. The summed E-state index contributed by atoms with van der Waals surface area (Å²) in [6, 6.07) is 9.55. The monoisotopic (exact) mass is 359 g/mol. The second-order valence-electron chi connectivity index (χ2n) is 5.99. The zero-order valence-corrected chi connectivity index (χ0v) is 14.4. The van der Waals surface area contributed by atoms with Gasteiger partial charge in [-0.05, 0) is 29.8 Å². The van der Waals surface area contributed by atoms with E-state index in [1.807, 2.05) is 0 Å². The van der Waals surface area contributed by atoms with Gasteiger partial charge in [-0.25, -0.2) is 4.39 Å². The molecule has 2 N–H and O–H groups in total. The molecule has 0 spiro atoms. The highest BCUT2D eigenvalue weighted by Gasteiger charge is 2.12. The van der Waals surface area contributed by atoms with Crippen molar-refractivity contribution < 1.29 is 13.9 Å². The molecule has 1 saturated heterocycles. The van der Waals surface area contributed by atoms with Gasteiger partial charge in [0, 0.05) is 32.7 Å². The molecule has 26 heavy (non-hydrogen) atoms. The summed E-state index contributed by atoms with van der Waals surface area (Å²) in [6.45, 7) is 5.12. The maximum atomic E-state index is 12.9. The van der Waals surface area contributed by atoms with Crippen molar-refractivity contribution in [3.63, 3.8) is 0 Å². The maximum absolute atomic E-state index is 12.9. The molecule has 3 rings (SSSR count). The molecule has 2 aromatic rings. The van der Waals surface area contributed by atoms with E-state index in [4.69, 9.17) is 4.74 Å². The van der Waals surface area contributed by atoms with E-state index in [1.165, 1.54) is 12.1 Å². The minimum Gasteiger partial charge on any atom is -0.379 e. The lowest BCUT2D eigenvalue weighted by atomic mass is 10.2. The Morgan fingerprint density at radius 1 is 1.12 bits per heavy atom. The van der Waals surface area contributed by atoms with Crippen molar-refractivity contribution in [3.05, 3.63) is 53.5 Å². The average Bonchev–Trinajstić information content (AvgIpc) is 2.69. The number of nitrogens with one attached hydrogen (secondary N) is 2. The van der Waals surface area contributed by atoms with Gasteiger partial charge < -0.3 is 15.4 Å². The van der Waals surface area contributed by atoms with Crippen LogP contribution >= 0.6 is 0 Å². The summed E-state index contributed by atoms with van der Waals surface area (Å²) < 4.78 is 18.2. The number of carbonyl (C=O) groups is 1. The number of halogens is 1. The summed E-state index contributed by atoms with van der Waals surface area (Å²) in [6.07, 6.45) is 0. The molecule has 138 valence electrons. The first kappa shape index (κ1) is 18.2. The van der Waals surface area contributed by atoms with Crippen LogP contribution in [0.15, 0.2) is 36.4 Å². The van der Waals surface area contributed by atoms with Crippen LogP contribution in [0.5, 0.6) is 0 Å². The molecule has 1 aromatic heterocycles. The average molecular weight is 359 g/mol. The minimum absolute atomic E-state index is 0.240. The number of nitrogens with zero attached hydrogens (tertiary/aromatic N) is 3. The number of ether oxygens (including phenoxy) is 1. The topological polar surface area (TPSA) is 79.4 Å². The van der Waals surface area contributed by atoms with Gasteiger partial charge in [0.2, 0.25) is 0 Å². The molecule has 0 aliphatic carbocycles. The van der Waals surface area contributed by atoms with Crippen LogP contribution in [0.4, 0.5) is 10.2 Å². The van der Waals surface area contributed by atoms with Crippen molar-refractivity contribution in [2.75, 3.05) is 44.7 Å². The molecule has 7 nitrogen and oxygen atoms in total. The van der Waals surface area contributed by atoms with E-state index in [0.29, 0.717) is 18.9 Å². The lowest BCUT2D eigenvalue weighted by molar-refractivity contribution is 0.0383. The Labute approximate surface area is 151 Å².